The molecule has 178 valence electrons. The van der Waals surface area contributed by atoms with Gasteiger partial charge in [-0.15, -0.1) is 0 Å². The van der Waals surface area contributed by atoms with E-state index < -0.39 is 29.2 Å². The van der Waals surface area contributed by atoms with E-state index in [1.807, 2.05) is 13.0 Å². The SMILES string of the molecule is C[C@H](NC(=O)c1cnc(C#N)c(-c2cc(F)cc(F)c2)c1N1CCC(C)(NC(=O)O)C1)C1CC1. The maximum atomic E-state index is 14.1. The Balaban J connectivity index is 1.86. The predicted octanol–water partition coefficient (Wildman–Crippen LogP) is 3.66. The van der Waals surface area contributed by atoms with Crippen LogP contribution in [0.2, 0.25) is 0 Å². The number of hydrogen-bond donors (Lipinski definition) is 3. The molecule has 1 saturated carbocycles. The number of carbonyl (C=O) groups excluding carboxylic acids is 1. The first kappa shape index (κ1) is 23.4. The number of nitrogens with one attached hydrogen (secondary N) is 2. The number of nitrogens with zero attached hydrogens (tertiary/aromatic N) is 3. The summed E-state index contributed by atoms with van der Waals surface area (Å²) in [6, 6.07) is 4.79. The van der Waals surface area contributed by atoms with Crippen LogP contribution in [0.5, 0.6) is 0 Å². The number of benzene rings is 1. The quantitative estimate of drug-likeness (QED) is 0.594. The number of aromatic nitrogens is 1. The molecule has 1 aliphatic heterocycles. The smallest absolute Gasteiger partial charge is 0.405 e. The van der Waals surface area contributed by atoms with E-state index in [0.29, 0.717) is 24.6 Å². The van der Waals surface area contributed by atoms with Crippen LogP contribution in [0.4, 0.5) is 19.3 Å². The highest BCUT2D eigenvalue weighted by Crippen LogP contribution is 2.40. The van der Waals surface area contributed by atoms with Gasteiger partial charge in [-0.2, -0.15) is 5.26 Å². The lowest BCUT2D eigenvalue weighted by atomic mass is 9.97. The Morgan fingerprint density at radius 2 is 1.97 bits per heavy atom. The molecule has 2 atom stereocenters. The van der Waals surface area contributed by atoms with E-state index in [2.05, 4.69) is 15.6 Å². The summed E-state index contributed by atoms with van der Waals surface area (Å²) in [6.45, 7) is 4.20. The fourth-order valence-electron chi connectivity index (χ4n) is 4.56. The van der Waals surface area contributed by atoms with Gasteiger partial charge in [0.2, 0.25) is 0 Å². The molecule has 10 heteroatoms. The molecule has 1 saturated heterocycles. The van der Waals surface area contributed by atoms with Crippen molar-refractivity contribution in [2.45, 2.75) is 44.7 Å². The number of rotatable bonds is 6. The van der Waals surface area contributed by atoms with E-state index in [0.717, 1.165) is 31.0 Å². The number of pyridine rings is 1. The molecule has 0 radical (unpaired) electrons. The van der Waals surface area contributed by atoms with Crippen molar-refractivity contribution in [1.29, 1.82) is 5.26 Å². The maximum Gasteiger partial charge on any atom is 0.405 e. The van der Waals surface area contributed by atoms with Crippen LogP contribution in [0.15, 0.2) is 24.4 Å². The third kappa shape index (κ3) is 4.78. The zero-order valence-corrected chi connectivity index (χ0v) is 18.9. The highest BCUT2D eigenvalue weighted by Gasteiger charge is 2.39. The first-order chi connectivity index (χ1) is 16.1. The minimum absolute atomic E-state index is 0.0661. The van der Waals surface area contributed by atoms with Crippen LogP contribution in [-0.4, -0.2) is 46.8 Å². The van der Waals surface area contributed by atoms with Crippen LogP contribution in [0, 0.1) is 28.9 Å². The lowest BCUT2D eigenvalue weighted by Crippen LogP contribution is -2.47. The fourth-order valence-corrected chi connectivity index (χ4v) is 4.56. The average Bonchev–Trinajstić information content (AvgIpc) is 3.54. The van der Waals surface area contributed by atoms with Gasteiger partial charge in [0, 0.05) is 37.0 Å². The van der Waals surface area contributed by atoms with Gasteiger partial charge in [0.15, 0.2) is 0 Å². The molecular formula is C24H25F2N5O3. The second-order valence-electron chi connectivity index (χ2n) is 9.28. The predicted molar refractivity (Wildman–Crippen MR) is 120 cm³/mol. The Labute approximate surface area is 195 Å². The largest absolute Gasteiger partial charge is 0.465 e. The number of anilines is 1. The molecule has 4 rings (SSSR count). The molecule has 0 spiro atoms. The number of carbonyl (C=O) groups is 2. The van der Waals surface area contributed by atoms with Gasteiger partial charge in [0.1, 0.15) is 23.4 Å². The fraction of sp³-hybridized carbons (Fsp3) is 0.417. The normalized spacial score (nSPS) is 20.5. The van der Waals surface area contributed by atoms with E-state index in [1.54, 1.807) is 11.8 Å². The third-order valence-corrected chi connectivity index (χ3v) is 6.44. The Bertz CT molecular complexity index is 1170. The molecule has 2 heterocycles. The van der Waals surface area contributed by atoms with Crippen LogP contribution in [0.25, 0.3) is 11.1 Å². The number of nitriles is 1. The van der Waals surface area contributed by atoms with E-state index in [-0.39, 0.29) is 35.0 Å². The zero-order valence-electron chi connectivity index (χ0n) is 18.9. The van der Waals surface area contributed by atoms with Crippen molar-refractivity contribution >= 4 is 17.7 Å². The van der Waals surface area contributed by atoms with E-state index in [9.17, 15) is 28.7 Å². The Morgan fingerprint density at radius 3 is 2.56 bits per heavy atom. The molecular weight excluding hydrogens is 444 g/mol. The standard InChI is InChI=1S/C24H25F2N5O3/c1-13(14-3-4-14)29-22(32)18-11-28-19(10-27)20(15-7-16(25)9-17(26)8-15)21(18)31-6-5-24(2,12-31)30-23(33)34/h7-9,11,13-14,30H,3-6,12H2,1-2H3,(H,29,32)(H,33,34)/t13-,24?/m0/s1. The minimum atomic E-state index is -1.18. The molecule has 0 bridgehead atoms. The van der Waals surface area contributed by atoms with Crippen LogP contribution in [0.1, 0.15) is 49.2 Å². The first-order valence-electron chi connectivity index (χ1n) is 11.1. The number of amides is 2. The Morgan fingerprint density at radius 1 is 1.29 bits per heavy atom. The minimum Gasteiger partial charge on any atom is -0.465 e. The molecule has 2 fully saturated rings. The van der Waals surface area contributed by atoms with Crippen LogP contribution < -0.4 is 15.5 Å². The van der Waals surface area contributed by atoms with Crippen molar-refractivity contribution in [3.05, 3.63) is 47.3 Å². The molecule has 2 aliphatic rings. The van der Waals surface area contributed by atoms with Gasteiger partial charge < -0.3 is 20.6 Å². The molecule has 8 nitrogen and oxygen atoms in total. The van der Waals surface area contributed by atoms with Crippen molar-refractivity contribution < 1.29 is 23.5 Å². The monoisotopic (exact) mass is 469 g/mol. The third-order valence-electron chi connectivity index (χ3n) is 6.44. The van der Waals surface area contributed by atoms with E-state index in [4.69, 9.17) is 0 Å². The van der Waals surface area contributed by atoms with Gasteiger partial charge in [0.05, 0.1) is 16.8 Å². The van der Waals surface area contributed by atoms with Gasteiger partial charge in [-0.1, -0.05) is 0 Å². The van der Waals surface area contributed by atoms with Crippen LogP contribution in [0.3, 0.4) is 0 Å². The van der Waals surface area contributed by atoms with Gasteiger partial charge in [-0.25, -0.2) is 18.6 Å². The topological polar surface area (TPSA) is 118 Å². The average molecular weight is 469 g/mol. The summed E-state index contributed by atoms with van der Waals surface area (Å²) in [5, 5.41) is 24.5. The molecule has 1 aliphatic carbocycles. The highest BCUT2D eigenvalue weighted by molar-refractivity contribution is 6.04. The second-order valence-corrected chi connectivity index (χ2v) is 9.28. The first-order valence-corrected chi connectivity index (χ1v) is 11.1. The molecule has 34 heavy (non-hydrogen) atoms. The van der Waals surface area contributed by atoms with E-state index in [1.165, 1.54) is 6.20 Å². The summed E-state index contributed by atoms with van der Waals surface area (Å²) in [4.78, 5) is 30.5. The molecule has 3 N–H and O–H groups in total. The summed E-state index contributed by atoms with van der Waals surface area (Å²) >= 11 is 0. The van der Waals surface area contributed by atoms with Gasteiger partial charge in [-0.05, 0) is 56.7 Å². The lowest BCUT2D eigenvalue weighted by Gasteiger charge is -2.29. The molecule has 1 aromatic carbocycles. The van der Waals surface area contributed by atoms with Crippen molar-refractivity contribution in [3.8, 4) is 17.2 Å². The van der Waals surface area contributed by atoms with Gasteiger partial charge in [0.25, 0.3) is 5.91 Å². The Kier molecular flexibility index (Phi) is 6.13. The summed E-state index contributed by atoms with van der Waals surface area (Å²) in [5.41, 5.74) is -0.250. The highest BCUT2D eigenvalue weighted by atomic mass is 19.1. The van der Waals surface area contributed by atoms with Gasteiger partial charge >= 0.3 is 6.09 Å². The summed E-state index contributed by atoms with van der Waals surface area (Å²) in [5.74, 6) is -1.68. The van der Waals surface area contributed by atoms with Crippen molar-refractivity contribution in [1.82, 2.24) is 15.6 Å². The number of carboxylic acid groups (broad SMARTS) is 1. The lowest BCUT2D eigenvalue weighted by molar-refractivity contribution is 0.0936. The summed E-state index contributed by atoms with van der Waals surface area (Å²) in [7, 11) is 0. The molecule has 1 unspecified atom stereocenters. The van der Waals surface area contributed by atoms with Gasteiger partial charge in [-0.3, -0.25) is 4.79 Å². The number of halogens is 2. The maximum absolute atomic E-state index is 14.1. The van der Waals surface area contributed by atoms with Crippen molar-refractivity contribution in [3.63, 3.8) is 0 Å². The zero-order chi connectivity index (χ0) is 24.6. The summed E-state index contributed by atoms with van der Waals surface area (Å²) < 4.78 is 28.3. The molecule has 2 amide bonds. The Hall–Kier alpha value is -3.74. The van der Waals surface area contributed by atoms with E-state index >= 15 is 0 Å². The van der Waals surface area contributed by atoms with Crippen molar-refractivity contribution in [2.75, 3.05) is 18.0 Å². The number of hydrogen-bond acceptors (Lipinski definition) is 5. The van der Waals surface area contributed by atoms with Crippen LogP contribution >= 0.6 is 0 Å². The molecule has 1 aromatic heterocycles. The summed E-state index contributed by atoms with van der Waals surface area (Å²) in [6.07, 6.45) is 2.60. The second kappa shape index (κ2) is 8.89. The molecule has 2 aromatic rings. The van der Waals surface area contributed by atoms with Crippen LogP contribution in [-0.2, 0) is 0 Å². The van der Waals surface area contributed by atoms with Crippen molar-refractivity contribution in [2.24, 2.45) is 5.92 Å².